The van der Waals surface area contributed by atoms with Gasteiger partial charge in [-0.2, -0.15) is 0 Å². The van der Waals surface area contributed by atoms with Gasteiger partial charge in [0.1, 0.15) is 12.1 Å². The molecule has 8 heteroatoms. The summed E-state index contributed by atoms with van der Waals surface area (Å²) in [5, 5.41) is 7.63. The van der Waals surface area contributed by atoms with Gasteiger partial charge in [-0.25, -0.2) is 0 Å². The van der Waals surface area contributed by atoms with Gasteiger partial charge >= 0.3 is 0 Å². The van der Waals surface area contributed by atoms with E-state index in [0.29, 0.717) is 24.1 Å². The molecule has 0 aliphatic carbocycles. The number of amides is 1. The fraction of sp³-hybridized carbons (Fsp3) is 0.333. The molecule has 8 nitrogen and oxygen atoms in total. The quantitative estimate of drug-likeness (QED) is 0.0714. The number of methoxy groups -OCH3 is 1. The number of amidine groups is 1. The summed E-state index contributed by atoms with van der Waals surface area (Å²) in [5.74, 6) is -0.450. The third-order valence-electron chi connectivity index (χ3n) is 7.64. The van der Waals surface area contributed by atoms with E-state index >= 15 is 0 Å². The number of likely N-dealkylation sites (tertiary alicyclic amines) is 1. The normalized spacial score (nSPS) is 13.3. The Balaban J connectivity index is 0.000000613. The van der Waals surface area contributed by atoms with Crippen LogP contribution in [-0.2, 0) is 22.4 Å². The van der Waals surface area contributed by atoms with Crippen molar-refractivity contribution in [3.8, 4) is 11.1 Å². The van der Waals surface area contributed by atoms with Crippen LogP contribution in [0, 0.1) is 18.3 Å². The third-order valence-corrected chi connectivity index (χ3v) is 7.64. The number of nitrogens with one attached hydrogen (secondary N) is 2. The summed E-state index contributed by atoms with van der Waals surface area (Å²) in [5.41, 5.74) is 11.8. The molecule has 1 aromatic heterocycles. The van der Waals surface area contributed by atoms with Crippen LogP contribution >= 0.6 is 0 Å². The van der Waals surface area contributed by atoms with Crippen molar-refractivity contribution < 1.29 is 14.3 Å². The third kappa shape index (κ3) is 13.8. The Hall–Kier alpha value is -5.08. The minimum absolute atomic E-state index is 0.0132. The lowest BCUT2D eigenvalue weighted by Crippen LogP contribution is -2.41. The molecular weight excluding hydrogens is 624 g/mol. The lowest BCUT2D eigenvalue weighted by Gasteiger charge is -2.29. The Labute approximate surface area is 298 Å². The number of benzene rings is 3. The van der Waals surface area contributed by atoms with Gasteiger partial charge in [-0.3, -0.25) is 15.0 Å². The summed E-state index contributed by atoms with van der Waals surface area (Å²) in [4.78, 5) is 41.3. The van der Waals surface area contributed by atoms with Crippen LogP contribution in [0.1, 0.15) is 73.1 Å². The number of carbonyl (C=O) groups excluding carboxylic acids is 2. The largest absolute Gasteiger partial charge is 0.388 e. The SMILES string of the molecule is C=CCc1cccc(C)c1.CC.CC.COC.N=C(N)c1cccc(CC(C=O)C2CCCN2C(=O)c2ccc(-c3cc[nH]c(=O)c3)cc2)c1. The molecule has 2 unspecified atom stereocenters. The average molecular weight is 681 g/mol. The molecule has 0 bridgehead atoms. The number of aryl methyl sites for hydroxylation is 1. The molecule has 0 spiro atoms. The van der Waals surface area contributed by atoms with Crippen LogP contribution in [0.4, 0.5) is 0 Å². The molecule has 5 rings (SSSR count). The summed E-state index contributed by atoms with van der Waals surface area (Å²) in [7, 11) is 3.25. The fourth-order valence-electron chi connectivity index (χ4n) is 5.50. The molecule has 2 heterocycles. The van der Waals surface area contributed by atoms with E-state index in [9.17, 15) is 14.4 Å². The number of nitrogen functional groups attached to an aromatic ring is 1. The average Bonchev–Trinajstić information content (AvgIpc) is 3.63. The van der Waals surface area contributed by atoms with Crippen LogP contribution in [0.3, 0.4) is 0 Å². The second-order valence-corrected chi connectivity index (χ2v) is 11.2. The second kappa shape index (κ2) is 24.1. The highest BCUT2D eigenvalue weighted by molar-refractivity contribution is 5.96. The van der Waals surface area contributed by atoms with Gasteiger partial charge in [0, 0.05) is 56.1 Å². The Morgan fingerprint density at radius 1 is 0.960 bits per heavy atom. The van der Waals surface area contributed by atoms with E-state index in [1.807, 2.05) is 70.2 Å². The summed E-state index contributed by atoms with van der Waals surface area (Å²) in [6.07, 6.45) is 7.53. The second-order valence-electron chi connectivity index (χ2n) is 11.2. The molecule has 1 amide bonds. The van der Waals surface area contributed by atoms with E-state index in [4.69, 9.17) is 11.1 Å². The summed E-state index contributed by atoms with van der Waals surface area (Å²) < 4.78 is 4.25. The highest BCUT2D eigenvalue weighted by atomic mass is 16.4. The van der Waals surface area contributed by atoms with E-state index in [1.165, 1.54) is 17.2 Å². The number of H-pyrrole nitrogens is 1. The molecule has 268 valence electrons. The molecule has 1 saturated heterocycles. The molecule has 50 heavy (non-hydrogen) atoms. The van der Waals surface area contributed by atoms with Crippen molar-refractivity contribution >= 4 is 18.0 Å². The van der Waals surface area contributed by atoms with Crippen molar-refractivity contribution in [1.29, 1.82) is 5.41 Å². The van der Waals surface area contributed by atoms with Gasteiger partial charge in [-0.05, 0) is 79.1 Å². The summed E-state index contributed by atoms with van der Waals surface area (Å²) in [6, 6.07) is 26.2. The number of ether oxygens (including phenoxy) is 1. The summed E-state index contributed by atoms with van der Waals surface area (Å²) >= 11 is 0. The maximum atomic E-state index is 13.3. The van der Waals surface area contributed by atoms with Crippen molar-refractivity contribution in [3.05, 3.63) is 142 Å². The van der Waals surface area contributed by atoms with E-state index in [2.05, 4.69) is 47.5 Å². The molecule has 0 saturated carbocycles. The van der Waals surface area contributed by atoms with Gasteiger partial charge in [0.15, 0.2) is 0 Å². The Bertz CT molecular complexity index is 1660. The van der Waals surface area contributed by atoms with Crippen LogP contribution < -0.4 is 11.3 Å². The lowest BCUT2D eigenvalue weighted by molar-refractivity contribution is -0.112. The molecule has 1 aliphatic heterocycles. The van der Waals surface area contributed by atoms with Crippen molar-refractivity contribution in [2.75, 3.05) is 20.8 Å². The molecule has 4 N–H and O–H groups in total. The first-order valence-electron chi connectivity index (χ1n) is 17.3. The van der Waals surface area contributed by atoms with E-state index in [0.717, 1.165) is 42.2 Å². The van der Waals surface area contributed by atoms with Crippen LogP contribution in [0.5, 0.6) is 0 Å². The number of carbonyl (C=O) groups is 2. The molecule has 0 radical (unpaired) electrons. The molecule has 4 aromatic rings. The van der Waals surface area contributed by atoms with Gasteiger partial charge in [-0.15, -0.1) is 6.58 Å². The Kier molecular flexibility index (Phi) is 20.7. The van der Waals surface area contributed by atoms with Crippen LogP contribution in [0.2, 0.25) is 0 Å². The molecule has 1 fully saturated rings. The monoisotopic (exact) mass is 680 g/mol. The van der Waals surface area contributed by atoms with Gasteiger partial charge in [-0.1, -0.05) is 93.9 Å². The zero-order valence-corrected chi connectivity index (χ0v) is 30.9. The summed E-state index contributed by atoms with van der Waals surface area (Å²) in [6.45, 7) is 14.4. The minimum Gasteiger partial charge on any atom is -0.388 e. The number of aromatic nitrogens is 1. The van der Waals surface area contributed by atoms with Crippen molar-refractivity contribution in [2.45, 2.75) is 66.3 Å². The lowest BCUT2D eigenvalue weighted by atomic mass is 9.90. The van der Waals surface area contributed by atoms with E-state index < -0.39 is 0 Å². The molecule has 1 aliphatic rings. The number of aldehydes is 1. The van der Waals surface area contributed by atoms with Crippen LogP contribution in [0.15, 0.2) is 109 Å². The Morgan fingerprint density at radius 2 is 1.60 bits per heavy atom. The van der Waals surface area contributed by atoms with Gasteiger partial charge in [0.05, 0.1) is 0 Å². The van der Waals surface area contributed by atoms with Gasteiger partial charge in [0.2, 0.25) is 5.56 Å². The number of nitrogens with zero attached hydrogens (tertiary/aromatic N) is 1. The Morgan fingerprint density at radius 3 is 2.18 bits per heavy atom. The number of aromatic amines is 1. The topological polar surface area (TPSA) is 129 Å². The minimum atomic E-state index is -0.339. The zero-order valence-electron chi connectivity index (χ0n) is 30.9. The number of nitrogens with two attached hydrogens (primary N) is 1. The van der Waals surface area contributed by atoms with Gasteiger partial charge in [0.25, 0.3) is 5.91 Å². The first-order chi connectivity index (χ1) is 24.2. The van der Waals surface area contributed by atoms with Crippen LogP contribution in [0.25, 0.3) is 11.1 Å². The predicted octanol–water partition coefficient (Wildman–Crippen LogP) is 8.03. The first kappa shape index (κ1) is 42.9. The van der Waals surface area contributed by atoms with Crippen molar-refractivity contribution in [1.82, 2.24) is 9.88 Å². The first-order valence-corrected chi connectivity index (χ1v) is 17.3. The number of rotatable bonds is 9. The number of pyridine rings is 1. The zero-order chi connectivity index (χ0) is 37.5. The number of hydrogen-bond acceptors (Lipinski definition) is 5. The smallest absolute Gasteiger partial charge is 0.254 e. The molecule has 3 aromatic carbocycles. The van der Waals surface area contributed by atoms with Crippen LogP contribution in [-0.4, -0.2) is 54.7 Å². The maximum Gasteiger partial charge on any atom is 0.254 e. The van der Waals surface area contributed by atoms with Crippen molar-refractivity contribution in [2.24, 2.45) is 11.7 Å². The molecular formula is C42H56N4O4. The van der Waals surface area contributed by atoms with Gasteiger partial charge < -0.3 is 25.1 Å². The maximum absolute atomic E-state index is 13.3. The highest BCUT2D eigenvalue weighted by Gasteiger charge is 2.35. The standard InChI is InChI=1S/C26H26N4O3.C10H12.C2H6O.2C2H6/c27-25(28)21-4-1-3-17(13-21)14-22(16-31)23-5-2-12-30(23)26(33)19-8-6-18(7-9-19)20-10-11-29-24(32)15-20;1-3-5-10-7-4-6-9(2)8-10;1-3-2;2*1-2/h1,3-4,6-11,13,15-16,22-23H,2,5,12,14H2,(H3,27,28)(H,29,32);3-4,6-8H,1,5H2,2H3;1-2H3;2*1-2H3. The molecule has 2 atom stereocenters. The number of hydrogen-bond donors (Lipinski definition) is 3. The predicted molar refractivity (Wildman–Crippen MR) is 208 cm³/mol. The fourth-order valence-corrected chi connectivity index (χ4v) is 5.50. The van der Waals surface area contributed by atoms with Crippen molar-refractivity contribution in [3.63, 3.8) is 0 Å². The number of allylic oxidation sites excluding steroid dienone is 1. The highest BCUT2D eigenvalue weighted by Crippen LogP contribution is 2.28. The van der Waals surface area contributed by atoms with E-state index in [-0.39, 0.29) is 29.3 Å². The van der Waals surface area contributed by atoms with E-state index in [1.54, 1.807) is 43.5 Å².